The minimum atomic E-state index is -1.57. The summed E-state index contributed by atoms with van der Waals surface area (Å²) in [5.74, 6) is -1.20. The molecule has 0 spiro atoms. The normalized spacial score (nSPS) is 32.3. The van der Waals surface area contributed by atoms with E-state index in [1.807, 2.05) is 32.9 Å². The van der Waals surface area contributed by atoms with Crippen molar-refractivity contribution in [3.63, 3.8) is 0 Å². The Morgan fingerprint density at radius 1 is 1.33 bits per heavy atom. The smallest absolute Gasteiger partial charge is 0.344 e. The molecule has 1 aromatic heterocycles. The third kappa shape index (κ3) is 3.21. The molecule has 5 nitrogen and oxygen atoms in total. The zero-order valence-corrected chi connectivity index (χ0v) is 18.4. The van der Waals surface area contributed by atoms with Gasteiger partial charge in [0.25, 0.3) is 0 Å². The van der Waals surface area contributed by atoms with E-state index >= 15 is 0 Å². The lowest BCUT2D eigenvalue weighted by Gasteiger charge is -2.42. The third-order valence-corrected chi connectivity index (χ3v) is 6.50. The second kappa shape index (κ2) is 6.82. The minimum absolute atomic E-state index is 0.168. The zero-order valence-electron chi connectivity index (χ0n) is 18.4. The summed E-state index contributed by atoms with van der Waals surface area (Å²) >= 11 is 0. The monoisotopic (exact) mass is 410 g/mol. The fourth-order valence-electron chi connectivity index (χ4n) is 4.77. The Bertz CT molecular complexity index is 1110. The molecule has 4 rings (SSSR count). The second-order valence-corrected chi connectivity index (χ2v) is 9.42. The van der Waals surface area contributed by atoms with Crippen LogP contribution in [0, 0.1) is 6.92 Å². The molecule has 1 saturated heterocycles. The Morgan fingerprint density at radius 2 is 2.07 bits per heavy atom. The fraction of sp³-hybridized carbons (Fsp3) is 0.480. The first-order valence-corrected chi connectivity index (χ1v) is 10.5. The average molecular weight is 411 g/mol. The molecule has 2 aliphatic rings. The van der Waals surface area contributed by atoms with Crippen LogP contribution in [0.5, 0.6) is 5.75 Å². The summed E-state index contributed by atoms with van der Waals surface area (Å²) in [7, 11) is 0. The van der Waals surface area contributed by atoms with Gasteiger partial charge >= 0.3 is 5.63 Å². The van der Waals surface area contributed by atoms with Crippen LogP contribution in [0.1, 0.15) is 58.1 Å². The molecule has 0 amide bonds. The lowest BCUT2D eigenvalue weighted by Crippen LogP contribution is -2.53. The van der Waals surface area contributed by atoms with E-state index in [1.165, 1.54) is 5.57 Å². The number of hydrogen-bond acceptors (Lipinski definition) is 5. The van der Waals surface area contributed by atoms with E-state index in [9.17, 15) is 9.90 Å². The molecule has 5 heteroatoms. The van der Waals surface area contributed by atoms with Crippen LogP contribution < -0.4 is 10.4 Å². The summed E-state index contributed by atoms with van der Waals surface area (Å²) in [5, 5.41) is 12.4. The van der Waals surface area contributed by atoms with Crippen LogP contribution in [0.4, 0.5) is 0 Å². The summed E-state index contributed by atoms with van der Waals surface area (Å²) < 4.78 is 17.9. The van der Waals surface area contributed by atoms with Crippen molar-refractivity contribution in [2.75, 3.05) is 0 Å². The molecule has 160 valence electrons. The Morgan fingerprint density at radius 3 is 2.73 bits per heavy atom. The maximum Gasteiger partial charge on any atom is 0.344 e. The minimum Gasteiger partial charge on any atom is -0.458 e. The topological polar surface area (TPSA) is 72.2 Å². The van der Waals surface area contributed by atoms with Gasteiger partial charge in [-0.15, -0.1) is 6.58 Å². The summed E-state index contributed by atoms with van der Waals surface area (Å²) in [5.41, 5.74) is 1.25. The van der Waals surface area contributed by atoms with Gasteiger partial charge in [0.1, 0.15) is 11.3 Å². The Labute approximate surface area is 177 Å². The molecule has 2 aliphatic heterocycles. The molecule has 2 aromatic rings. The highest BCUT2D eigenvalue weighted by Crippen LogP contribution is 2.55. The van der Waals surface area contributed by atoms with Gasteiger partial charge in [0, 0.05) is 11.8 Å². The number of fused-ring (bicyclic) bond motifs is 3. The van der Waals surface area contributed by atoms with E-state index in [4.69, 9.17) is 13.9 Å². The first-order valence-electron chi connectivity index (χ1n) is 10.5. The molecule has 1 aromatic carbocycles. The summed E-state index contributed by atoms with van der Waals surface area (Å²) in [6.07, 6.45) is 5.19. The van der Waals surface area contributed by atoms with Crippen LogP contribution in [0.3, 0.4) is 0 Å². The van der Waals surface area contributed by atoms with Gasteiger partial charge in [-0.05, 0) is 52.2 Å². The van der Waals surface area contributed by atoms with Crippen molar-refractivity contribution in [3.8, 4) is 5.75 Å². The number of epoxide rings is 1. The summed E-state index contributed by atoms with van der Waals surface area (Å²) in [6.45, 7) is 13.9. The summed E-state index contributed by atoms with van der Waals surface area (Å²) in [4.78, 5) is 12.9. The molecule has 0 aliphatic carbocycles. The molecule has 0 bridgehead atoms. The predicted octanol–water partition coefficient (Wildman–Crippen LogP) is 4.92. The molecular weight excluding hydrogens is 380 g/mol. The van der Waals surface area contributed by atoms with Crippen LogP contribution in [-0.4, -0.2) is 22.6 Å². The van der Waals surface area contributed by atoms with Gasteiger partial charge in [-0.1, -0.05) is 36.8 Å². The van der Waals surface area contributed by atoms with Crippen molar-refractivity contribution < 1.29 is 19.0 Å². The molecule has 0 saturated carbocycles. The quantitative estimate of drug-likeness (QED) is 0.430. The summed E-state index contributed by atoms with van der Waals surface area (Å²) in [6, 6.07) is 5.50. The number of allylic oxidation sites excluding steroid dienone is 3. The fourth-order valence-corrected chi connectivity index (χ4v) is 4.77. The third-order valence-electron chi connectivity index (χ3n) is 6.50. The Hall–Kier alpha value is -2.37. The van der Waals surface area contributed by atoms with Gasteiger partial charge in [-0.2, -0.15) is 0 Å². The first-order chi connectivity index (χ1) is 14.0. The second-order valence-electron chi connectivity index (χ2n) is 9.42. The number of aliphatic hydroxyl groups is 1. The largest absolute Gasteiger partial charge is 0.458 e. The SMILES string of the molecule is C=C[C@]1(C)C[C@@](O)([C@H]2O[C@]2(C)CCC=C(C)C)Oc2c1c(=O)oc1cccc(C)c21. The molecule has 3 heterocycles. The van der Waals surface area contributed by atoms with E-state index in [0.717, 1.165) is 18.4 Å². The molecule has 1 N–H and O–H groups in total. The lowest BCUT2D eigenvalue weighted by molar-refractivity contribution is -0.175. The van der Waals surface area contributed by atoms with E-state index < -0.39 is 28.5 Å². The maximum absolute atomic E-state index is 12.9. The Kier molecular flexibility index (Phi) is 4.75. The van der Waals surface area contributed by atoms with Crippen LogP contribution in [0.2, 0.25) is 0 Å². The molecule has 4 atom stereocenters. The highest BCUT2D eigenvalue weighted by Gasteiger charge is 2.67. The van der Waals surface area contributed by atoms with E-state index in [2.05, 4.69) is 26.5 Å². The van der Waals surface area contributed by atoms with Crippen LogP contribution in [-0.2, 0) is 10.2 Å². The highest BCUT2D eigenvalue weighted by molar-refractivity contribution is 5.88. The number of hydrogen-bond donors (Lipinski definition) is 1. The van der Waals surface area contributed by atoms with Crippen molar-refractivity contribution in [3.05, 3.63) is 64.1 Å². The van der Waals surface area contributed by atoms with Crippen molar-refractivity contribution >= 4 is 11.0 Å². The molecular formula is C25H30O5. The maximum atomic E-state index is 12.9. The number of aryl methyl sites for hydroxylation is 1. The highest BCUT2D eigenvalue weighted by atomic mass is 16.7. The van der Waals surface area contributed by atoms with Crippen molar-refractivity contribution in [2.24, 2.45) is 0 Å². The Balaban J connectivity index is 1.80. The molecule has 1 fully saturated rings. The van der Waals surface area contributed by atoms with Gasteiger partial charge < -0.3 is 19.0 Å². The van der Waals surface area contributed by atoms with Crippen LogP contribution in [0.25, 0.3) is 11.0 Å². The standard InChI is InChI=1S/C25H30O5/c1-7-23(5)14-25(27,22-24(6,30-22)13-9-10-15(2)3)29-20-18-16(4)11-8-12-17(18)28-21(26)19(20)23/h7-8,10-12,22,27H,1,9,13-14H2,2-6H3/t22-,23+,24+,25-/m0/s1. The number of benzene rings is 1. The molecule has 30 heavy (non-hydrogen) atoms. The van der Waals surface area contributed by atoms with Gasteiger partial charge in [-0.25, -0.2) is 4.79 Å². The number of ether oxygens (including phenoxy) is 2. The van der Waals surface area contributed by atoms with Gasteiger partial charge in [0.05, 0.1) is 16.6 Å². The lowest BCUT2D eigenvalue weighted by atomic mass is 9.73. The number of rotatable bonds is 5. The van der Waals surface area contributed by atoms with Crippen LogP contribution >= 0.6 is 0 Å². The van der Waals surface area contributed by atoms with E-state index in [-0.39, 0.29) is 6.42 Å². The van der Waals surface area contributed by atoms with Crippen LogP contribution in [0.15, 0.2) is 51.7 Å². The van der Waals surface area contributed by atoms with E-state index in [0.29, 0.717) is 22.3 Å². The van der Waals surface area contributed by atoms with Gasteiger partial charge in [-0.3, -0.25) is 0 Å². The van der Waals surface area contributed by atoms with Gasteiger partial charge in [0.2, 0.25) is 5.79 Å². The molecule has 0 unspecified atom stereocenters. The predicted molar refractivity (Wildman–Crippen MR) is 117 cm³/mol. The average Bonchev–Trinajstić information content (AvgIpc) is 3.33. The zero-order chi connectivity index (χ0) is 21.9. The molecule has 0 radical (unpaired) electrons. The van der Waals surface area contributed by atoms with Crippen molar-refractivity contribution in [2.45, 2.75) is 76.8 Å². The van der Waals surface area contributed by atoms with E-state index in [1.54, 1.807) is 12.1 Å². The van der Waals surface area contributed by atoms with Gasteiger partial charge in [0.15, 0.2) is 6.10 Å². The first kappa shape index (κ1) is 20.9. The van der Waals surface area contributed by atoms with Crippen molar-refractivity contribution in [1.29, 1.82) is 0 Å². The van der Waals surface area contributed by atoms with Crippen molar-refractivity contribution in [1.82, 2.24) is 0 Å².